The van der Waals surface area contributed by atoms with Crippen LogP contribution in [0.2, 0.25) is 0 Å². The summed E-state index contributed by atoms with van der Waals surface area (Å²) in [6.45, 7) is 1.96. The molecule has 0 aliphatic heterocycles. The topological polar surface area (TPSA) is 26.3 Å². The Kier molecular flexibility index (Phi) is 3.84. The van der Waals surface area contributed by atoms with E-state index in [0.29, 0.717) is 11.3 Å². The summed E-state index contributed by atoms with van der Waals surface area (Å²) in [6, 6.07) is 30.2. The standard InChI is InChI=1S/C26H18O2/c1-17-6-4-8-19(16-17)26(27)28-25-11-5-10-21-23-13-12-18-7-2-3-9-20(18)22(23)14-15-24(21)25/h2-16H,1H3. The van der Waals surface area contributed by atoms with E-state index in [1.165, 1.54) is 16.2 Å². The lowest BCUT2D eigenvalue weighted by Crippen LogP contribution is -2.08. The second-order valence-corrected chi connectivity index (χ2v) is 7.06. The second-order valence-electron chi connectivity index (χ2n) is 7.06. The number of benzene rings is 5. The Labute approximate surface area is 163 Å². The number of esters is 1. The number of hydrogen-bond donors (Lipinski definition) is 0. The highest BCUT2D eigenvalue weighted by molar-refractivity contribution is 6.18. The maximum atomic E-state index is 12.6. The molecule has 0 fully saturated rings. The fraction of sp³-hybridized carbons (Fsp3) is 0.0385. The van der Waals surface area contributed by atoms with Gasteiger partial charge in [0.15, 0.2) is 0 Å². The Morgan fingerprint density at radius 2 is 1.32 bits per heavy atom. The maximum Gasteiger partial charge on any atom is 0.343 e. The minimum absolute atomic E-state index is 0.338. The molecule has 0 unspecified atom stereocenters. The van der Waals surface area contributed by atoms with Crippen LogP contribution in [0, 0.1) is 6.92 Å². The molecule has 0 N–H and O–H groups in total. The van der Waals surface area contributed by atoms with Crippen molar-refractivity contribution in [1.82, 2.24) is 0 Å². The van der Waals surface area contributed by atoms with Crippen molar-refractivity contribution in [3.63, 3.8) is 0 Å². The first-order valence-electron chi connectivity index (χ1n) is 9.33. The average Bonchev–Trinajstić information content (AvgIpc) is 2.73. The highest BCUT2D eigenvalue weighted by Gasteiger charge is 2.13. The van der Waals surface area contributed by atoms with Crippen molar-refractivity contribution >= 4 is 38.3 Å². The van der Waals surface area contributed by atoms with E-state index in [9.17, 15) is 4.79 Å². The molecule has 2 heteroatoms. The first-order valence-corrected chi connectivity index (χ1v) is 9.33. The van der Waals surface area contributed by atoms with Gasteiger partial charge in [0, 0.05) is 5.39 Å². The molecule has 134 valence electrons. The predicted octanol–water partition coefficient (Wildman–Crippen LogP) is 6.67. The second kappa shape index (κ2) is 6.50. The first-order chi connectivity index (χ1) is 13.7. The Balaban J connectivity index is 1.65. The summed E-state index contributed by atoms with van der Waals surface area (Å²) >= 11 is 0. The van der Waals surface area contributed by atoms with E-state index in [4.69, 9.17) is 4.74 Å². The van der Waals surface area contributed by atoms with Gasteiger partial charge in [0.25, 0.3) is 0 Å². The van der Waals surface area contributed by atoms with Crippen LogP contribution >= 0.6 is 0 Å². The molecule has 0 aliphatic rings. The van der Waals surface area contributed by atoms with Crippen LogP contribution in [0.1, 0.15) is 15.9 Å². The van der Waals surface area contributed by atoms with E-state index in [2.05, 4.69) is 48.5 Å². The van der Waals surface area contributed by atoms with Gasteiger partial charge < -0.3 is 4.74 Å². The highest BCUT2D eigenvalue weighted by Crippen LogP contribution is 2.35. The molecule has 5 rings (SSSR count). The van der Waals surface area contributed by atoms with Gasteiger partial charge in [0.1, 0.15) is 5.75 Å². The summed E-state index contributed by atoms with van der Waals surface area (Å²) in [5, 5.41) is 6.82. The van der Waals surface area contributed by atoms with Crippen LogP contribution < -0.4 is 4.74 Å². The lowest BCUT2D eigenvalue weighted by molar-refractivity contribution is 0.0737. The molecule has 5 aromatic rings. The first kappa shape index (κ1) is 16.5. The molecule has 0 saturated carbocycles. The molecule has 0 amide bonds. The molecular formula is C26H18O2. The molecule has 0 aliphatic carbocycles. The number of rotatable bonds is 2. The third-order valence-corrected chi connectivity index (χ3v) is 5.20. The molecule has 0 saturated heterocycles. The van der Waals surface area contributed by atoms with E-state index in [0.717, 1.165) is 21.7 Å². The quantitative estimate of drug-likeness (QED) is 0.199. The van der Waals surface area contributed by atoms with Gasteiger partial charge >= 0.3 is 5.97 Å². The fourth-order valence-corrected chi connectivity index (χ4v) is 3.85. The van der Waals surface area contributed by atoms with Gasteiger partial charge in [-0.15, -0.1) is 0 Å². The molecular weight excluding hydrogens is 344 g/mol. The van der Waals surface area contributed by atoms with Crippen molar-refractivity contribution in [2.24, 2.45) is 0 Å². The molecule has 0 bridgehead atoms. The van der Waals surface area contributed by atoms with Crippen LogP contribution in [0.15, 0.2) is 91.0 Å². The SMILES string of the molecule is Cc1cccc(C(=O)Oc2cccc3c2ccc2c4ccccc4ccc32)c1. The summed E-state index contributed by atoms with van der Waals surface area (Å²) in [6.07, 6.45) is 0. The van der Waals surface area contributed by atoms with Gasteiger partial charge in [0.2, 0.25) is 0 Å². The van der Waals surface area contributed by atoms with Crippen molar-refractivity contribution in [3.8, 4) is 5.75 Å². The monoisotopic (exact) mass is 362 g/mol. The van der Waals surface area contributed by atoms with Crippen molar-refractivity contribution in [2.75, 3.05) is 0 Å². The Morgan fingerprint density at radius 3 is 2.21 bits per heavy atom. The van der Waals surface area contributed by atoms with E-state index < -0.39 is 0 Å². The fourth-order valence-electron chi connectivity index (χ4n) is 3.85. The number of carbonyl (C=O) groups excluding carboxylic acids is 1. The number of hydrogen-bond acceptors (Lipinski definition) is 2. The zero-order chi connectivity index (χ0) is 19.1. The number of fused-ring (bicyclic) bond motifs is 5. The van der Waals surface area contributed by atoms with Gasteiger partial charge in [-0.1, -0.05) is 72.3 Å². The van der Waals surface area contributed by atoms with Crippen LogP contribution in [0.5, 0.6) is 5.75 Å². The number of aryl methyl sites for hydroxylation is 1. The normalized spacial score (nSPS) is 11.2. The van der Waals surface area contributed by atoms with Gasteiger partial charge in [-0.05, 0) is 58.1 Å². The summed E-state index contributed by atoms with van der Waals surface area (Å²) < 4.78 is 5.77. The van der Waals surface area contributed by atoms with Crippen molar-refractivity contribution in [3.05, 3.63) is 102 Å². The predicted molar refractivity (Wildman–Crippen MR) is 115 cm³/mol. The third kappa shape index (κ3) is 2.71. The summed E-state index contributed by atoms with van der Waals surface area (Å²) in [4.78, 5) is 12.6. The molecule has 0 spiro atoms. The van der Waals surface area contributed by atoms with Crippen molar-refractivity contribution in [1.29, 1.82) is 0 Å². The molecule has 0 atom stereocenters. The van der Waals surface area contributed by atoms with E-state index >= 15 is 0 Å². The summed E-state index contributed by atoms with van der Waals surface area (Å²) in [5.41, 5.74) is 1.59. The van der Waals surface area contributed by atoms with E-state index in [1.54, 1.807) is 6.07 Å². The molecule has 2 nitrogen and oxygen atoms in total. The van der Waals surface area contributed by atoms with Gasteiger partial charge in [-0.2, -0.15) is 0 Å². The third-order valence-electron chi connectivity index (χ3n) is 5.20. The number of ether oxygens (including phenoxy) is 1. The average molecular weight is 362 g/mol. The summed E-state index contributed by atoms with van der Waals surface area (Å²) in [5.74, 6) is 0.244. The van der Waals surface area contributed by atoms with E-state index in [1.807, 2.05) is 43.3 Å². The molecule has 5 aromatic carbocycles. The van der Waals surface area contributed by atoms with Gasteiger partial charge in [-0.3, -0.25) is 0 Å². The minimum atomic E-state index is -0.338. The van der Waals surface area contributed by atoms with Crippen molar-refractivity contribution in [2.45, 2.75) is 6.92 Å². The Morgan fingerprint density at radius 1 is 0.643 bits per heavy atom. The molecule has 0 radical (unpaired) electrons. The van der Waals surface area contributed by atoms with Crippen LogP contribution in [-0.2, 0) is 0 Å². The lowest BCUT2D eigenvalue weighted by Gasteiger charge is -2.11. The zero-order valence-corrected chi connectivity index (χ0v) is 15.5. The van der Waals surface area contributed by atoms with Crippen LogP contribution in [0.3, 0.4) is 0 Å². The van der Waals surface area contributed by atoms with Crippen LogP contribution in [0.4, 0.5) is 0 Å². The highest BCUT2D eigenvalue weighted by atomic mass is 16.5. The largest absolute Gasteiger partial charge is 0.422 e. The molecule has 0 heterocycles. The van der Waals surface area contributed by atoms with Gasteiger partial charge in [-0.25, -0.2) is 4.79 Å². The Hall–Kier alpha value is -3.65. The molecule has 0 aromatic heterocycles. The summed E-state index contributed by atoms with van der Waals surface area (Å²) in [7, 11) is 0. The van der Waals surface area contributed by atoms with Crippen molar-refractivity contribution < 1.29 is 9.53 Å². The Bertz CT molecular complexity index is 1370. The smallest absolute Gasteiger partial charge is 0.343 e. The van der Waals surface area contributed by atoms with Gasteiger partial charge in [0.05, 0.1) is 5.56 Å². The zero-order valence-electron chi connectivity index (χ0n) is 15.5. The van der Waals surface area contributed by atoms with E-state index in [-0.39, 0.29) is 5.97 Å². The number of carbonyl (C=O) groups is 1. The maximum absolute atomic E-state index is 12.6. The minimum Gasteiger partial charge on any atom is -0.422 e. The lowest BCUT2D eigenvalue weighted by atomic mass is 9.97. The van der Waals surface area contributed by atoms with Crippen LogP contribution in [-0.4, -0.2) is 5.97 Å². The van der Waals surface area contributed by atoms with Crippen LogP contribution in [0.25, 0.3) is 32.3 Å². The molecule has 28 heavy (non-hydrogen) atoms.